The molecular formula is C34H65NO5. The second-order valence-electron chi connectivity index (χ2n) is 11.8. The van der Waals surface area contributed by atoms with Gasteiger partial charge in [0.1, 0.15) is 12.6 Å². The van der Waals surface area contributed by atoms with E-state index in [4.69, 9.17) is 9.84 Å². The number of amides is 1. The normalized spacial score (nSPS) is 11.8. The molecule has 2 N–H and O–H groups in total. The molecular weight excluding hydrogens is 502 g/mol. The molecule has 0 rings (SSSR count). The van der Waals surface area contributed by atoms with Crippen LogP contribution in [0.25, 0.3) is 0 Å². The SMILES string of the molecule is CCCCCCCCCCCCCC(CCCCCCCC(=O)NCC(=O)O)OC(=O)CCCCCCCCC. The molecule has 0 radical (unpaired) electrons. The highest BCUT2D eigenvalue weighted by molar-refractivity contribution is 5.80. The number of hydrogen-bond acceptors (Lipinski definition) is 4. The summed E-state index contributed by atoms with van der Waals surface area (Å²) in [7, 11) is 0. The molecule has 0 aromatic carbocycles. The molecule has 40 heavy (non-hydrogen) atoms. The zero-order valence-corrected chi connectivity index (χ0v) is 26.5. The van der Waals surface area contributed by atoms with Crippen LogP contribution in [-0.2, 0) is 19.1 Å². The molecule has 1 unspecified atom stereocenters. The van der Waals surface area contributed by atoms with Crippen LogP contribution in [0.3, 0.4) is 0 Å². The van der Waals surface area contributed by atoms with Gasteiger partial charge in [-0.1, -0.05) is 136 Å². The molecule has 0 aromatic heterocycles. The minimum absolute atomic E-state index is 0.0194. The highest BCUT2D eigenvalue weighted by atomic mass is 16.5. The average Bonchev–Trinajstić information content (AvgIpc) is 2.93. The number of unbranched alkanes of at least 4 members (excludes halogenated alkanes) is 20. The summed E-state index contributed by atoms with van der Waals surface area (Å²) < 4.78 is 5.95. The molecule has 0 aromatic rings. The van der Waals surface area contributed by atoms with Gasteiger partial charge in [-0.15, -0.1) is 0 Å². The van der Waals surface area contributed by atoms with Crippen molar-refractivity contribution in [3.05, 3.63) is 0 Å². The summed E-state index contributed by atoms with van der Waals surface area (Å²) in [6, 6.07) is 0. The number of nitrogens with one attached hydrogen (secondary N) is 1. The Kier molecular flexibility index (Phi) is 29.2. The van der Waals surface area contributed by atoms with E-state index in [2.05, 4.69) is 19.2 Å². The van der Waals surface area contributed by atoms with Crippen LogP contribution in [-0.4, -0.2) is 35.6 Å². The van der Waals surface area contributed by atoms with E-state index in [9.17, 15) is 14.4 Å². The molecule has 0 spiro atoms. The Morgan fingerprint density at radius 1 is 0.550 bits per heavy atom. The number of carbonyl (C=O) groups is 3. The van der Waals surface area contributed by atoms with Gasteiger partial charge in [0.15, 0.2) is 0 Å². The van der Waals surface area contributed by atoms with Crippen molar-refractivity contribution >= 4 is 17.8 Å². The van der Waals surface area contributed by atoms with E-state index in [1.807, 2.05) is 0 Å². The Labute approximate surface area is 247 Å². The Balaban J connectivity index is 4.13. The van der Waals surface area contributed by atoms with Crippen molar-refractivity contribution in [3.63, 3.8) is 0 Å². The topological polar surface area (TPSA) is 92.7 Å². The lowest BCUT2D eigenvalue weighted by Gasteiger charge is -2.18. The maximum atomic E-state index is 12.5. The van der Waals surface area contributed by atoms with E-state index >= 15 is 0 Å². The number of aliphatic carboxylic acids is 1. The molecule has 6 heteroatoms. The number of carbonyl (C=O) groups excluding carboxylic acids is 2. The first-order valence-electron chi connectivity index (χ1n) is 17.2. The van der Waals surface area contributed by atoms with Crippen molar-refractivity contribution < 1.29 is 24.2 Å². The van der Waals surface area contributed by atoms with Gasteiger partial charge in [0, 0.05) is 12.8 Å². The fraction of sp³-hybridized carbons (Fsp3) is 0.912. The molecule has 0 aliphatic carbocycles. The summed E-state index contributed by atoms with van der Waals surface area (Å²) >= 11 is 0. The second kappa shape index (κ2) is 30.4. The Hall–Kier alpha value is -1.59. The van der Waals surface area contributed by atoms with E-state index in [1.54, 1.807) is 0 Å². The van der Waals surface area contributed by atoms with E-state index in [1.165, 1.54) is 96.3 Å². The van der Waals surface area contributed by atoms with E-state index in [0.717, 1.165) is 64.2 Å². The van der Waals surface area contributed by atoms with Crippen molar-refractivity contribution in [3.8, 4) is 0 Å². The average molecular weight is 568 g/mol. The van der Waals surface area contributed by atoms with E-state index < -0.39 is 5.97 Å². The number of carboxylic acid groups (broad SMARTS) is 1. The monoisotopic (exact) mass is 567 g/mol. The zero-order valence-electron chi connectivity index (χ0n) is 26.5. The first-order chi connectivity index (χ1) is 19.5. The highest BCUT2D eigenvalue weighted by Crippen LogP contribution is 2.19. The van der Waals surface area contributed by atoms with Gasteiger partial charge in [-0.05, 0) is 38.5 Å². The predicted octanol–water partition coefficient (Wildman–Crippen LogP) is 9.67. The number of rotatable bonds is 31. The van der Waals surface area contributed by atoms with Gasteiger partial charge in [-0.2, -0.15) is 0 Å². The number of hydrogen-bond donors (Lipinski definition) is 2. The Morgan fingerprint density at radius 2 is 0.925 bits per heavy atom. The fourth-order valence-electron chi connectivity index (χ4n) is 5.22. The van der Waals surface area contributed by atoms with Crippen molar-refractivity contribution in [2.24, 2.45) is 0 Å². The third-order valence-electron chi connectivity index (χ3n) is 7.78. The number of ether oxygens (including phenoxy) is 1. The van der Waals surface area contributed by atoms with Gasteiger partial charge in [0.05, 0.1) is 0 Å². The second-order valence-corrected chi connectivity index (χ2v) is 11.8. The highest BCUT2D eigenvalue weighted by Gasteiger charge is 2.14. The molecule has 0 aliphatic rings. The lowest BCUT2D eigenvalue weighted by Crippen LogP contribution is -2.28. The summed E-state index contributed by atoms with van der Waals surface area (Å²) in [6.07, 6.45) is 30.7. The zero-order chi connectivity index (χ0) is 29.5. The van der Waals surface area contributed by atoms with Crippen LogP contribution in [0.1, 0.15) is 187 Å². The molecule has 1 atom stereocenters. The van der Waals surface area contributed by atoms with E-state index in [0.29, 0.717) is 12.8 Å². The quantitative estimate of drug-likeness (QED) is 0.0642. The third-order valence-corrected chi connectivity index (χ3v) is 7.78. The number of esters is 1. The van der Waals surface area contributed by atoms with Gasteiger partial charge in [0.25, 0.3) is 0 Å². The molecule has 236 valence electrons. The minimum Gasteiger partial charge on any atom is -0.480 e. The van der Waals surface area contributed by atoms with Crippen LogP contribution < -0.4 is 5.32 Å². The molecule has 0 saturated carbocycles. The van der Waals surface area contributed by atoms with Crippen molar-refractivity contribution in [1.29, 1.82) is 0 Å². The smallest absolute Gasteiger partial charge is 0.322 e. The predicted molar refractivity (Wildman–Crippen MR) is 167 cm³/mol. The molecule has 0 saturated heterocycles. The van der Waals surface area contributed by atoms with Crippen LogP contribution in [0.4, 0.5) is 0 Å². The molecule has 0 aliphatic heterocycles. The standard InChI is InChI=1S/C34H65NO5/c1-3-5-7-9-11-12-13-14-16-18-22-26-31(40-34(39)29-25-21-15-10-8-6-4-2)27-23-19-17-20-24-28-32(36)35-30-33(37)38/h31H,3-30H2,1-2H3,(H,35,36)(H,37,38). The van der Waals surface area contributed by atoms with Gasteiger partial charge in [-0.3, -0.25) is 14.4 Å². The largest absolute Gasteiger partial charge is 0.480 e. The van der Waals surface area contributed by atoms with Crippen molar-refractivity contribution in [1.82, 2.24) is 5.32 Å². The van der Waals surface area contributed by atoms with Gasteiger partial charge < -0.3 is 15.2 Å². The third kappa shape index (κ3) is 29.4. The summed E-state index contributed by atoms with van der Waals surface area (Å²) in [5.41, 5.74) is 0. The maximum Gasteiger partial charge on any atom is 0.322 e. The molecule has 0 fully saturated rings. The maximum absolute atomic E-state index is 12.5. The van der Waals surface area contributed by atoms with Crippen LogP contribution in [0.15, 0.2) is 0 Å². The summed E-state index contributed by atoms with van der Waals surface area (Å²) in [6.45, 7) is 4.19. The van der Waals surface area contributed by atoms with Gasteiger partial charge >= 0.3 is 11.9 Å². The van der Waals surface area contributed by atoms with Crippen LogP contribution in [0, 0.1) is 0 Å². The molecule has 1 amide bonds. The number of carboxylic acids is 1. The summed E-state index contributed by atoms with van der Waals surface area (Å²) in [5.74, 6) is -1.23. The first-order valence-corrected chi connectivity index (χ1v) is 17.2. The van der Waals surface area contributed by atoms with Crippen molar-refractivity contribution in [2.75, 3.05) is 6.54 Å². The Bertz CT molecular complexity index is 595. The van der Waals surface area contributed by atoms with Gasteiger partial charge in [0.2, 0.25) is 5.91 Å². The minimum atomic E-state index is -1.01. The first kappa shape index (κ1) is 38.4. The van der Waals surface area contributed by atoms with Crippen molar-refractivity contribution in [2.45, 2.75) is 193 Å². The lowest BCUT2D eigenvalue weighted by atomic mass is 10.0. The van der Waals surface area contributed by atoms with Crippen LogP contribution in [0.2, 0.25) is 0 Å². The molecule has 0 heterocycles. The van der Waals surface area contributed by atoms with Crippen LogP contribution in [0.5, 0.6) is 0 Å². The van der Waals surface area contributed by atoms with Gasteiger partial charge in [-0.25, -0.2) is 0 Å². The Morgan fingerprint density at radius 3 is 1.35 bits per heavy atom. The summed E-state index contributed by atoms with van der Waals surface area (Å²) in [5, 5.41) is 11.0. The lowest BCUT2D eigenvalue weighted by molar-refractivity contribution is -0.150. The van der Waals surface area contributed by atoms with E-state index in [-0.39, 0.29) is 24.5 Å². The fourth-order valence-corrected chi connectivity index (χ4v) is 5.22. The molecule has 6 nitrogen and oxygen atoms in total. The van der Waals surface area contributed by atoms with Crippen LogP contribution >= 0.6 is 0 Å². The summed E-state index contributed by atoms with van der Waals surface area (Å²) in [4.78, 5) is 34.6. The molecule has 0 bridgehead atoms.